The highest BCUT2D eigenvalue weighted by Crippen LogP contribution is 2.11. The van der Waals surface area contributed by atoms with Crippen molar-refractivity contribution in [3.63, 3.8) is 0 Å². The van der Waals surface area contributed by atoms with Crippen molar-refractivity contribution in [1.29, 1.82) is 0 Å². The van der Waals surface area contributed by atoms with Gasteiger partial charge in [0.1, 0.15) is 5.82 Å². The van der Waals surface area contributed by atoms with Crippen LogP contribution in [0.3, 0.4) is 0 Å². The first kappa shape index (κ1) is 14.9. The van der Waals surface area contributed by atoms with Gasteiger partial charge in [0.25, 0.3) is 5.91 Å². The lowest BCUT2D eigenvalue weighted by atomic mass is 10.0. The third kappa shape index (κ3) is 5.00. The van der Waals surface area contributed by atoms with Crippen molar-refractivity contribution in [2.24, 2.45) is 5.92 Å². The molecule has 1 heterocycles. The van der Waals surface area contributed by atoms with Gasteiger partial charge < -0.3 is 5.32 Å². The van der Waals surface area contributed by atoms with Crippen molar-refractivity contribution < 1.29 is 9.18 Å². The Balaban J connectivity index is 2.49. The van der Waals surface area contributed by atoms with Crippen LogP contribution in [-0.4, -0.2) is 23.3 Å². The summed E-state index contributed by atoms with van der Waals surface area (Å²) >= 11 is 5.71. The maximum atomic E-state index is 12.9. The van der Waals surface area contributed by atoms with E-state index in [0.717, 1.165) is 25.5 Å². The second-order valence-electron chi connectivity index (χ2n) is 4.23. The second-order valence-corrected chi connectivity index (χ2v) is 4.61. The Bertz CT molecular complexity index is 381. The topological polar surface area (TPSA) is 42.0 Å². The summed E-state index contributed by atoms with van der Waals surface area (Å²) in [6.07, 6.45) is 5.38. The van der Waals surface area contributed by atoms with Crippen molar-refractivity contribution in [2.45, 2.75) is 26.2 Å². The van der Waals surface area contributed by atoms with E-state index in [-0.39, 0.29) is 11.5 Å². The van der Waals surface area contributed by atoms with Crippen molar-refractivity contribution in [3.8, 4) is 0 Å². The van der Waals surface area contributed by atoms with Gasteiger partial charge in [0, 0.05) is 18.6 Å². The van der Waals surface area contributed by atoms with Gasteiger partial charge in [-0.15, -0.1) is 11.6 Å². The van der Waals surface area contributed by atoms with E-state index in [9.17, 15) is 9.18 Å². The number of alkyl halides is 1. The van der Waals surface area contributed by atoms with Crippen LogP contribution in [0.5, 0.6) is 0 Å². The molecule has 1 rings (SSSR count). The molecule has 0 aliphatic carbocycles. The van der Waals surface area contributed by atoms with Crippen LogP contribution in [0.1, 0.15) is 36.5 Å². The zero-order valence-electron chi connectivity index (χ0n) is 10.5. The first-order chi connectivity index (χ1) is 8.67. The highest BCUT2D eigenvalue weighted by Gasteiger charge is 2.11. The number of carbonyl (C=O) groups is 1. The van der Waals surface area contributed by atoms with Gasteiger partial charge in [-0.05, 0) is 24.8 Å². The molecule has 1 amide bonds. The Kier molecular flexibility index (Phi) is 6.65. The molecule has 5 heteroatoms. The number of hydrogen-bond donors (Lipinski definition) is 1. The molecule has 0 spiro atoms. The SMILES string of the molecule is CCCC(CCCl)CNC(=O)c1cncc(F)c1. The quantitative estimate of drug-likeness (QED) is 0.776. The summed E-state index contributed by atoms with van der Waals surface area (Å²) in [6, 6.07) is 1.18. The Morgan fingerprint density at radius 1 is 1.50 bits per heavy atom. The van der Waals surface area contributed by atoms with E-state index in [2.05, 4.69) is 17.2 Å². The summed E-state index contributed by atoms with van der Waals surface area (Å²) in [4.78, 5) is 15.4. The third-order valence-electron chi connectivity index (χ3n) is 2.73. The fourth-order valence-corrected chi connectivity index (χ4v) is 2.09. The van der Waals surface area contributed by atoms with Crippen LogP contribution in [0.4, 0.5) is 4.39 Å². The maximum absolute atomic E-state index is 12.9. The maximum Gasteiger partial charge on any atom is 0.252 e. The molecule has 100 valence electrons. The molecule has 0 bridgehead atoms. The van der Waals surface area contributed by atoms with Crippen LogP contribution in [0.25, 0.3) is 0 Å². The predicted octanol–water partition coefficient (Wildman–Crippen LogP) is 3.00. The molecule has 1 N–H and O–H groups in total. The summed E-state index contributed by atoms with van der Waals surface area (Å²) in [7, 11) is 0. The summed E-state index contributed by atoms with van der Waals surface area (Å²) in [5.74, 6) is 0.159. The minimum Gasteiger partial charge on any atom is -0.352 e. The van der Waals surface area contributed by atoms with Crippen molar-refractivity contribution in [1.82, 2.24) is 10.3 Å². The summed E-state index contributed by atoms with van der Waals surface area (Å²) in [5.41, 5.74) is 0.246. The van der Waals surface area contributed by atoms with Crippen molar-refractivity contribution >= 4 is 17.5 Å². The molecule has 1 atom stereocenters. The average Bonchev–Trinajstić information content (AvgIpc) is 2.36. The zero-order valence-corrected chi connectivity index (χ0v) is 11.2. The molecule has 0 aliphatic heterocycles. The predicted molar refractivity (Wildman–Crippen MR) is 70.3 cm³/mol. The van der Waals surface area contributed by atoms with Gasteiger partial charge >= 0.3 is 0 Å². The van der Waals surface area contributed by atoms with Crippen LogP contribution < -0.4 is 5.32 Å². The molecule has 0 radical (unpaired) electrons. The van der Waals surface area contributed by atoms with Gasteiger partial charge in [0.2, 0.25) is 0 Å². The van der Waals surface area contributed by atoms with Gasteiger partial charge in [0.05, 0.1) is 11.8 Å². The smallest absolute Gasteiger partial charge is 0.252 e. The minimum atomic E-state index is -0.506. The standard InChI is InChI=1S/C13H18ClFN2O/c1-2-3-10(4-5-14)7-17-13(18)11-6-12(15)9-16-8-11/h6,8-10H,2-5,7H2,1H3,(H,17,18). The fourth-order valence-electron chi connectivity index (χ4n) is 1.79. The highest BCUT2D eigenvalue weighted by atomic mass is 35.5. The van der Waals surface area contributed by atoms with Gasteiger partial charge in [0.15, 0.2) is 0 Å². The van der Waals surface area contributed by atoms with Crippen LogP contribution in [0.15, 0.2) is 18.5 Å². The number of nitrogens with zero attached hydrogens (tertiary/aromatic N) is 1. The second kappa shape index (κ2) is 8.03. The third-order valence-corrected chi connectivity index (χ3v) is 2.95. The molecule has 0 aromatic carbocycles. The Morgan fingerprint density at radius 3 is 2.89 bits per heavy atom. The van der Waals surface area contributed by atoms with Crippen LogP contribution in [-0.2, 0) is 0 Å². The molecule has 3 nitrogen and oxygen atoms in total. The Morgan fingerprint density at radius 2 is 2.28 bits per heavy atom. The Hall–Kier alpha value is -1.16. The molecular weight excluding hydrogens is 255 g/mol. The minimum absolute atomic E-state index is 0.246. The van der Waals surface area contributed by atoms with Crippen LogP contribution in [0, 0.1) is 11.7 Å². The number of carbonyl (C=O) groups excluding carboxylic acids is 1. The molecule has 0 saturated heterocycles. The molecule has 1 unspecified atom stereocenters. The van der Waals surface area contributed by atoms with Gasteiger partial charge in [-0.3, -0.25) is 9.78 Å². The summed E-state index contributed by atoms with van der Waals surface area (Å²) in [6.45, 7) is 2.66. The van der Waals surface area contributed by atoms with E-state index in [4.69, 9.17) is 11.6 Å². The molecule has 1 aromatic rings. The van der Waals surface area contributed by atoms with E-state index in [0.29, 0.717) is 18.3 Å². The molecule has 0 aliphatic rings. The molecule has 1 aromatic heterocycles. The number of amides is 1. The lowest BCUT2D eigenvalue weighted by Crippen LogP contribution is -2.29. The number of rotatable bonds is 7. The largest absolute Gasteiger partial charge is 0.352 e. The first-order valence-electron chi connectivity index (χ1n) is 6.12. The van der Waals surface area contributed by atoms with E-state index in [1.165, 1.54) is 12.3 Å². The molecular formula is C13H18ClFN2O. The summed E-state index contributed by atoms with van der Waals surface area (Å²) in [5, 5.41) is 2.79. The molecule has 0 fully saturated rings. The van der Waals surface area contributed by atoms with Gasteiger partial charge in [-0.2, -0.15) is 0 Å². The van der Waals surface area contributed by atoms with Gasteiger partial charge in [-0.25, -0.2) is 4.39 Å². The number of halogens is 2. The average molecular weight is 273 g/mol. The lowest BCUT2D eigenvalue weighted by molar-refractivity contribution is 0.0945. The normalized spacial score (nSPS) is 12.2. The van der Waals surface area contributed by atoms with E-state index < -0.39 is 5.82 Å². The van der Waals surface area contributed by atoms with E-state index >= 15 is 0 Å². The van der Waals surface area contributed by atoms with E-state index in [1.807, 2.05) is 0 Å². The lowest BCUT2D eigenvalue weighted by Gasteiger charge is -2.15. The first-order valence-corrected chi connectivity index (χ1v) is 6.65. The number of aromatic nitrogens is 1. The van der Waals surface area contributed by atoms with Crippen molar-refractivity contribution in [2.75, 3.05) is 12.4 Å². The van der Waals surface area contributed by atoms with Crippen LogP contribution in [0.2, 0.25) is 0 Å². The van der Waals surface area contributed by atoms with Gasteiger partial charge in [-0.1, -0.05) is 13.3 Å². The van der Waals surface area contributed by atoms with Crippen molar-refractivity contribution in [3.05, 3.63) is 29.8 Å². The zero-order chi connectivity index (χ0) is 13.4. The Labute approximate surface area is 112 Å². The van der Waals surface area contributed by atoms with Crippen LogP contribution >= 0.6 is 11.6 Å². The molecule has 0 saturated carbocycles. The molecule has 18 heavy (non-hydrogen) atoms. The summed E-state index contributed by atoms with van der Waals surface area (Å²) < 4.78 is 12.9. The number of pyridine rings is 1. The highest BCUT2D eigenvalue weighted by molar-refractivity contribution is 6.17. The fraction of sp³-hybridized carbons (Fsp3) is 0.538. The number of nitrogens with one attached hydrogen (secondary N) is 1. The monoisotopic (exact) mass is 272 g/mol. The number of hydrogen-bond acceptors (Lipinski definition) is 2. The van der Waals surface area contributed by atoms with E-state index in [1.54, 1.807) is 0 Å².